The first-order valence-electron chi connectivity index (χ1n) is 6.45. The Morgan fingerprint density at radius 1 is 1.40 bits per heavy atom. The van der Waals surface area contributed by atoms with Gasteiger partial charge >= 0.3 is 5.97 Å². The molecule has 0 aliphatic heterocycles. The zero-order chi connectivity index (χ0) is 14.7. The number of hydrogen-bond acceptors (Lipinski definition) is 4. The highest BCUT2D eigenvalue weighted by Gasteiger charge is 2.30. The Kier molecular flexibility index (Phi) is 4.39. The Morgan fingerprint density at radius 3 is 2.65 bits per heavy atom. The molecule has 3 N–H and O–H groups in total. The second-order valence-electron chi connectivity index (χ2n) is 4.70. The Hall–Kier alpha value is -1.89. The molecule has 2 amide bonds. The molecule has 0 radical (unpaired) electrons. The lowest BCUT2D eigenvalue weighted by atomic mass is 10.2. The average Bonchev–Trinajstić information content (AvgIpc) is 3.16. The van der Waals surface area contributed by atoms with Gasteiger partial charge in [-0.1, -0.05) is 6.92 Å². The average molecular weight is 296 g/mol. The van der Waals surface area contributed by atoms with Gasteiger partial charge in [-0.05, 0) is 31.4 Å². The van der Waals surface area contributed by atoms with Crippen molar-refractivity contribution >= 4 is 34.1 Å². The minimum absolute atomic E-state index is 0.0178. The number of anilines is 1. The molecule has 20 heavy (non-hydrogen) atoms. The molecule has 1 aromatic rings. The molecule has 1 aliphatic carbocycles. The highest BCUT2D eigenvalue weighted by molar-refractivity contribution is 7.18. The van der Waals surface area contributed by atoms with Crippen LogP contribution in [0.5, 0.6) is 0 Å². The summed E-state index contributed by atoms with van der Waals surface area (Å²) in [4.78, 5) is 34.7. The number of nitrogens with one attached hydrogen (secondary N) is 2. The van der Waals surface area contributed by atoms with Crippen molar-refractivity contribution in [3.63, 3.8) is 0 Å². The first-order chi connectivity index (χ1) is 9.51. The quantitative estimate of drug-likeness (QED) is 0.744. The maximum absolute atomic E-state index is 11.9. The van der Waals surface area contributed by atoms with Crippen molar-refractivity contribution in [1.29, 1.82) is 0 Å². The van der Waals surface area contributed by atoms with Crippen LogP contribution in [0.15, 0.2) is 12.1 Å². The van der Waals surface area contributed by atoms with E-state index in [0.29, 0.717) is 16.3 Å². The van der Waals surface area contributed by atoms with Crippen LogP contribution in [-0.2, 0) is 9.59 Å². The monoisotopic (exact) mass is 296 g/mol. The predicted octanol–water partition coefficient (Wildman–Crippen LogP) is 1.69. The number of carbonyl (C=O) groups is 3. The molecule has 7 heteroatoms. The summed E-state index contributed by atoms with van der Waals surface area (Å²) in [6.07, 6.45) is 2.15. The standard InChI is InChI=1S/C13H16N2O4S/c1-2-8(13(18)19)14-12(17)9-5-6-10(20-9)15-11(16)7-3-4-7/h5-8H,2-4H2,1H3,(H,14,17)(H,15,16)(H,18,19)/t8-/m1/s1. The highest BCUT2D eigenvalue weighted by Crippen LogP contribution is 2.31. The van der Waals surface area contributed by atoms with Gasteiger partial charge in [-0.3, -0.25) is 9.59 Å². The zero-order valence-electron chi connectivity index (χ0n) is 11.0. The number of aliphatic carboxylic acids is 1. The van der Waals surface area contributed by atoms with Crippen LogP contribution < -0.4 is 10.6 Å². The number of thiophene rings is 1. The molecular weight excluding hydrogens is 280 g/mol. The highest BCUT2D eigenvalue weighted by atomic mass is 32.1. The van der Waals surface area contributed by atoms with Crippen LogP contribution in [0.2, 0.25) is 0 Å². The minimum Gasteiger partial charge on any atom is -0.480 e. The van der Waals surface area contributed by atoms with Gasteiger partial charge in [-0.2, -0.15) is 0 Å². The van der Waals surface area contributed by atoms with Gasteiger partial charge in [0.15, 0.2) is 0 Å². The Bertz CT molecular complexity index is 536. The first-order valence-corrected chi connectivity index (χ1v) is 7.27. The molecule has 2 rings (SSSR count). The molecule has 6 nitrogen and oxygen atoms in total. The maximum Gasteiger partial charge on any atom is 0.326 e. The molecular formula is C13H16N2O4S. The molecule has 1 fully saturated rings. The first kappa shape index (κ1) is 14.5. The summed E-state index contributed by atoms with van der Waals surface area (Å²) in [6.45, 7) is 1.69. The normalized spacial score (nSPS) is 15.4. The fourth-order valence-electron chi connectivity index (χ4n) is 1.66. The number of rotatable bonds is 6. The smallest absolute Gasteiger partial charge is 0.326 e. The summed E-state index contributed by atoms with van der Waals surface area (Å²) in [6, 6.07) is 2.34. The van der Waals surface area contributed by atoms with Gasteiger partial charge in [0.25, 0.3) is 5.91 Å². The van der Waals surface area contributed by atoms with Gasteiger partial charge in [0.2, 0.25) is 5.91 Å². The SMILES string of the molecule is CC[C@@H](NC(=O)c1ccc(NC(=O)C2CC2)s1)C(=O)O. The minimum atomic E-state index is -1.06. The summed E-state index contributed by atoms with van der Waals surface area (Å²) in [5.74, 6) is -1.41. The van der Waals surface area contributed by atoms with Crippen molar-refractivity contribution in [3.05, 3.63) is 17.0 Å². The third-order valence-electron chi connectivity index (χ3n) is 3.04. The Labute approximate surface area is 120 Å². The molecule has 0 aromatic carbocycles. The van der Waals surface area contributed by atoms with Crippen molar-refractivity contribution in [2.24, 2.45) is 5.92 Å². The van der Waals surface area contributed by atoms with E-state index in [2.05, 4.69) is 10.6 Å². The van der Waals surface area contributed by atoms with E-state index >= 15 is 0 Å². The third-order valence-corrected chi connectivity index (χ3v) is 4.04. The van der Waals surface area contributed by atoms with E-state index in [1.54, 1.807) is 19.1 Å². The summed E-state index contributed by atoms with van der Waals surface area (Å²) >= 11 is 1.14. The Morgan fingerprint density at radius 2 is 2.10 bits per heavy atom. The van der Waals surface area contributed by atoms with Crippen LogP contribution in [0.25, 0.3) is 0 Å². The molecule has 1 aromatic heterocycles. The molecule has 1 saturated carbocycles. The van der Waals surface area contributed by atoms with Crippen molar-refractivity contribution in [3.8, 4) is 0 Å². The van der Waals surface area contributed by atoms with Crippen LogP contribution in [-0.4, -0.2) is 28.9 Å². The summed E-state index contributed by atoms with van der Waals surface area (Å²) < 4.78 is 0. The number of carboxylic acid groups (broad SMARTS) is 1. The van der Waals surface area contributed by atoms with Crippen LogP contribution in [0.4, 0.5) is 5.00 Å². The number of hydrogen-bond donors (Lipinski definition) is 3. The molecule has 0 spiro atoms. The van der Waals surface area contributed by atoms with Crippen molar-refractivity contribution in [1.82, 2.24) is 5.32 Å². The lowest BCUT2D eigenvalue weighted by molar-refractivity contribution is -0.139. The summed E-state index contributed by atoms with van der Waals surface area (Å²) in [5.41, 5.74) is 0. The van der Waals surface area contributed by atoms with Crippen LogP contribution in [0.3, 0.4) is 0 Å². The number of carbonyl (C=O) groups excluding carboxylic acids is 2. The van der Waals surface area contributed by atoms with Gasteiger partial charge in [0.1, 0.15) is 6.04 Å². The fraction of sp³-hybridized carbons (Fsp3) is 0.462. The van der Waals surface area contributed by atoms with Crippen LogP contribution in [0, 0.1) is 5.92 Å². The van der Waals surface area contributed by atoms with E-state index in [0.717, 1.165) is 24.2 Å². The van der Waals surface area contributed by atoms with Crippen LogP contribution >= 0.6 is 11.3 Å². The maximum atomic E-state index is 11.9. The van der Waals surface area contributed by atoms with E-state index in [1.807, 2.05) is 0 Å². The second-order valence-corrected chi connectivity index (χ2v) is 5.78. The molecule has 0 unspecified atom stereocenters. The Balaban J connectivity index is 1.95. The molecule has 0 bridgehead atoms. The largest absolute Gasteiger partial charge is 0.480 e. The van der Waals surface area contributed by atoms with Gasteiger partial charge in [0, 0.05) is 5.92 Å². The number of amides is 2. The molecule has 1 atom stereocenters. The van der Waals surface area contributed by atoms with Crippen LogP contribution in [0.1, 0.15) is 35.9 Å². The summed E-state index contributed by atoms with van der Waals surface area (Å²) in [5, 5.41) is 14.7. The predicted molar refractivity (Wildman–Crippen MR) is 74.9 cm³/mol. The molecule has 0 saturated heterocycles. The van der Waals surface area contributed by atoms with Gasteiger partial charge in [0.05, 0.1) is 9.88 Å². The van der Waals surface area contributed by atoms with E-state index in [-0.39, 0.29) is 11.8 Å². The summed E-state index contributed by atoms with van der Waals surface area (Å²) in [7, 11) is 0. The van der Waals surface area contributed by atoms with Gasteiger partial charge in [-0.25, -0.2) is 4.79 Å². The van der Waals surface area contributed by atoms with E-state index in [1.165, 1.54) is 0 Å². The molecule has 108 valence electrons. The lowest BCUT2D eigenvalue weighted by Gasteiger charge is -2.10. The zero-order valence-corrected chi connectivity index (χ0v) is 11.8. The number of carboxylic acids is 1. The molecule has 1 heterocycles. The van der Waals surface area contributed by atoms with Crippen molar-refractivity contribution < 1.29 is 19.5 Å². The van der Waals surface area contributed by atoms with Crippen molar-refractivity contribution in [2.45, 2.75) is 32.2 Å². The second kappa shape index (κ2) is 6.04. The fourth-order valence-corrected chi connectivity index (χ4v) is 2.48. The third kappa shape index (κ3) is 3.57. The van der Waals surface area contributed by atoms with Gasteiger partial charge in [-0.15, -0.1) is 11.3 Å². The van der Waals surface area contributed by atoms with Gasteiger partial charge < -0.3 is 15.7 Å². The van der Waals surface area contributed by atoms with E-state index in [9.17, 15) is 14.4 Å². The topological polar surface area (TPSA) is 95.5 Å². The lowest BCUT2D eigenvalue weighted by Crippen LogP contribution is -2.39. The molecule has 1 aliphatic rings. The van der Waals surface area contributed by atoms with E-state index in [4.69, 9.17) is 5.11 Å². The van der Waals surface area contributed by atoms with Crippen molar-refractivity contribution in [2.75, 3.05) is 5.32 Å². The van der Waals surface area contributed by atoms with E-state index < -0.39 is 17.9 Å².